The van der Waals surface area contributed by atoms with Gasteiger partial charge in [-0.05, 0) is 150 Å². The predicted octanol–water partition coefficient (Wildman–Crippen LogP) is 12.9. The molecule has 4 aliphatic rings. The van der Waals surface area contributed by atoms with Crippen LogP contribution >= 0.6 is 0 Å². The van der Waals surface area contributed by atoms with E-state index in [4.69, 9.17) is 0 Å². The molecule has 2 aliphatic carbocycles. The molecule has 0 fully saturated rings. The number of hydrogen-bond donors (Lipinski definition) is 0. The Morgan fingerprint density at radius 2 is 1.19 bits per heavy atom. The van der Waals surface area contributed by atoms with E-state index in [1.165, 1.54) is 112 Å². The summed E-state index contributed by atoms with van der Waals surface area (Å²) in [5, 5.41) is 0. The average molecular weight is 765 g/mol. The van der Waals surface area contributed by atoms with Gasteiger partial charge in [0.1, 0.15) is 0 Å². The average Bonchev–Trinajstić information content (AvgIpc) is 3.67. The van der Waals surface area contributed by atoms with E-state index < -0.39 is 0 Å². The van der Waals surface area contributed by atoms with E-state index in [1.54, 1.807) is 0 Å². The van der Waals surface area contributed by atoms with Crippen LogP contribution in [-0.4, -0.2) is 6.71 Å². The summed E-state index contributed by atoms with van der Waals surface area (Å²) in [4.78, 5) is 5.29. The standard InChI is InChI=1S/C56H53BN2/c1-34-26-51-53-52(27-34)59(48-21-15-20-41-40-19-14-13-18-38(40)29-42(41)48)50-32-44-43(55(6,7)33-56(44,8)9)31-46(50)57(53)45-24-22-37(36-16-11-10-12-17-36)30-49(45)58(51)47-25-23-39(28-35(47)2)54(3,4)5/h10-28,30-32H,29,33H2,1-9H3. The van der Waals surface area contributed by atoms with Gasteiger partial charge in [-0.2, -0.15) is 0 Å². The second-order valence-corrected chi connectivity index (χ2v) is 20.2. The maximum atomic E-state index is 2.68. The molecule has 3 heteroatoms. The number of benzene rings is 7. The fraction of sp³-hybridized carbons (Fsp3) is 0.250. The monoisotopic (exact) mass is 764 g/mol. The molecule has 0 saturated carbocycles. The summed E-state index contributed by atoms with van der Waals surface area (Å²) in [7, 11) is 0. The van der Waals surface area contributed by atoms with Crippen molar-refractivity contribution in [2.45, 2.75) is 91.4 Å². The highest BCUT2D eigenvalue weighted by Gasteiger charge is 2.48. The molecular formula is C56H53BN2. The van der Waals surface area contributed by atoms with Gasteiger partial charge in [-0.15, -0.1) is 0 Å². The first kappa shape index (κ1) is 36.3. The van der Waals surface area contributed by atoms with Gasteiger partial charge in [0.25, 0.3) is 6.71 Å². The summed E-state index contributed by atoms with van der Waals surface area (Å²) in [5.74, 6) is 0. The Balaban J connectivity index is 1.24. The Kier molecular flexibility index (Phi) is 7.61. The third kappa shape index (κ3) is 5.32. The molecule has 7 aromatic rings. The molecule has 11 rings (SSSR count). The number of nitrogens with zero attached hydrogens (tertiary/aromatic N) is 2. The maximum Gasteiger partial charge on any atom is 0.252 e. The minimum Gasteiger partial charge on any atom is -0.311 e. The first-order valence-electron chi connectivity index (χ1n) is 21.6. The van der Waals surface area contributed by atoms with Crippen LogP contribution in [0.4, 0.5) is 34.1 Å². The molecule has 2 aliphatic heterocycles. The Bertz CT molecular complexity index is 2910. The highest BCUT2D eigenvalue weighted by atomic mass is 15.2. The van der Waals surface area contributed by atoms with Crippen LogP contribution in [0.3, 0.4) is 0 Å². The molecule has 0 bridgehead atoms. The molecule has 0 N–H and O–H groups in total. The molecule has 0 atom stereocenters. The van der Waals surface area contributed by atoms with Gasteiger partial charge < -0.3 is 9.80 Å². The van der Waals surface area contributed by atoms with Gasteiger partial charge in [0.2, 0.25) is 0 Å². The van der Waals surface area contributed by atoms with Crippen LogP contribution in [0, 0.1) is 13.8 Å². The van der Waals surface area contributed by atoms with Crippen molar-refractivity contribution in [3.63, 3.8) is 0 Å². The van der Waals surface area contributed by atoms with Gasteiger partial charge in [0.15, 0.2) is 0 Å². The van der Waals surface area contributed by atoms with E-state index in [2.05, 4.69) is 206 Å². The minimum atomic E-state index is 0.0551. The molecule has 290 valence electrons. The third-order valence-electron chi connectivity index (χ3n) is 14.2. The lowest BCUT2D eigenvalue weighted by atomic mass is 9.33. The summed E-state index contributed by atoms with van der Waals surface area (Å²) in [5.41, 5.74) is 27.0. The first-order valence-corrected chi connectivity index (χ1v) is 21.6. The second-order valence-electron chi connectivity index (χ2n) is 20.2. The number of rotatable bonds is 3. The molecule has 0 saturated heterocycles. The van der Waals surface area contributed by atoms with Gasteiger partial charge in [-0.3, -0.25) is 0 Å². The summed E-state index contributed by atoms with van der Waals surface area (Å²) < 4.78 is 0. The van der Waals surface area contributed by atoms with Gasteiger partial charge in [-0.1, -0.05) is 146 Å². The zero-order valence-electron chi connectivity index (χ0n) is 36.1. The Labute approximate surface area is 351 Å². The van der Waals surface area contributed by atoms with E-state index in [0.29, 0.717) is 0 Å². The lowest BCUT2D eigenvalue weighted by Gasteiger charge is -2.45. The molecular weight excluding hydrogens is 711 g/mol. The van der Waals surface area contributed by atoms with Crippen LogP contribution in [0.1, 0.15) is 93.8 Å². The van der Waals surface area contributed by atoms with E-state index in [9.17, 15) is 0 Å². The van der Waals surface area contributed by atoms with E-state index in [0.717, 1.165) is 12.8 Å². The molecule has 2 nitrogen and oxygen atoms in total. The molecule has 59 heavy (non-hydrogen) atoms. The minimum absolute atomic E-state index is 0.0551. The highest BCUT2D eigenvalue weighted by molar-refractivity contribution is 7.00. The van der Waals surface area contributed by atoms with E-state index in [-0.39, 0.29) is 23.0 Å². The smallest absolute Gasteiger partial charge is 0.252 e. The number of hydrogen-bond acceptors (Lipinski definition) is 2. The quantitative estimate of drug-likeness (QED) is 0.165. The van der Waals surface area contributed by atoms with Gasteiger partial charge in [-0.25, -0.2) is 0 Å². The fourth-order valence-electron chi connectivity index (χ4n) is 11.6. The Morgan fingerprint density at radius 1 is 0.525 bits per heavy atom. The van der Waals surface area contributed by atoms with Crippen LogP contribution in [0.5, 0.6) is 0 Å². The van der Waals surface area contributed by atoms with Crippen molar-refractivity contribution in [2.75, 3.05) is 9.80 Å². The normalized spacial score (nSPS) is 16.3. The molecule has 0 radical (unpaired) electrons. The Hall–Kier alpha value is -5.80. The maximum absolute atomic E-state index is 2.68. The lowest BCUT2D eigenvalue weighted by Crippen LogP contribution is -2.61. The molecule has 0 spiro atoms. The summed E-state index contributed by atoms with van der Waals surface area (Å²) in [6.07, 6.45) is 2.07. The number of fused-ring (bicyclic) bond motifs is 8. The van der Waals surface area contributed by atoms with Gasteiger partial charge in [0, 0.05) is 34.9 Å². The van der Waals surface area contributed by atoms with Crippen LogP contribution in [0.15, 0.2) is 133 Å². The van der Waals surface area contributed by atoms with Crippen molar-refractivity contribution in [2.24, 2.45) is 0 Å². The summed E-state index contributed by atoms with van der Waals surface area (Å²) in [6.45, 7) is 21.4. The van der Waals surface area contributed by atoms with E-state index in [1.807, 2.05) is 0 Å². The van der Waals surface area contributed by atoms with Gasteiger partial charge >= 0.3 is 0 Å². The van der Waals surface area contributed by atoms with Crippen LogP contribution in [0.25, 0.3) is 22.3 Å². The summed E-state index contributed by atoms with van der Waals surface area (Å²) >= 11 is 0. The van der Waals surface area contributed by atoms with Crippen LogP contribution in [0.2, 0.25) is 0 Å². The largest absolute Gasteiger partial charge is 0.311 e. The molecule has 7 aromatic carbocycles. The molecule has 2 heterocycles. The zero-order valence-corrected chi connectivity index (χ0v) is 36.1. The fourth-order valence-corrected chi connectivity index (χ4v) is 11.6. The SMILES string of the molecule is Cc1cc2c3c(c1)N(c1cccc4c1Cc1ccccc1-4)c1cc4c(cc1B3c1ccc(-c3ccccc3)cc1N2c1ccc(C(C)(C)C)cc1C)C(C)(C)CC4(C)C. The molecule has 0 aromatic heterocycles. The van der Waals surface area contributed by atoms with Gasteiger partial charge in [0.05, 0.1) is 5.69 Å². The lowest BCUT2D eigenvalue weighted by molar-refractivity contribution is 0.403. The van der Waals surface area contributed by atoms with Crippen molar-refractivity contribution < 1.29 is 0 Å². The first-order chi connectivity index (χ1) is 28.2. The van der Waals surface area contributed by atoms with Crippen molar-refractivity contribution in [1.82, 2.24) is 0 Å². The number of anilines is 6. The topological polar surface area (TPSA) is 6.48 Å². The number of aryl methyl sites for hydroxylation is 2. The van der Waals surface area contributed by atoms with Crippen LogP contribution < -0.4 is 26.2 Å². The molecule has 0 unspecified atom stereocenters. The van der Waals surface area contributed by atoms with E-state index >= 15 is 0 Å². The zero-order chi connectivity index (χ0) is 40.7. The second kappa shape index (κ2) is 12.4. The highest BCUT2D eigenvalue weighted by Crippen LogP contribution is 2.54. The third-order valence-corrected chi connectivity index (χ3v) is 14.2. The predicted molar refractivity (Wildman–Crippen MR) is 253 cm³/mol. The Morgan fingerprint density at radius 3 is 1.92 bits per heavy atom. The molecule has 0 amide bonds. The van der Waals surface area contributed by atoms with Crippen molar-refractivity contribution in [3.8, 4) is 22.3 Å². The van der Waals surface area contributed by atoms with Crippen molar-refractivity contribution in [1.29, 1.82) is 0 Å². The van der Waals surface area contributed by atoms with Crippen LogP contribution in [-0.2, 0) is 22.7 Å². The van der Waals surface area contributed by atoms with Crippen molar-refractivity contribution in [3.05, 3.63) is 172 Å². The summed E-state index contributed by atoms with van der Waals surface area (Å²) in [6, 6.07) is 51.6. The van der Waals surface area contributed by atoms with Crippen molar-refractivity contribution >= 4 is 57.2 Å².